The van der Waals surface area contributed by atoms with Crippen LogP contribution in [0.25, 0.3) is 11.0 Å². The fourth-order valence-electron chi connectivity index (χ4n) is 3.64. The number of carbonyl (C=O) groups is 1. The third kappa shape index (κ3) is 6.05. The van der Waals surface area contributed by atoms with Crippen LogP contribution in [0.3, 0.4) is 0 Å². The molecule has 0 saturated carbocycles. The number of aliphatic hydroxyl groups is 3. The maximum atomic E-state index is 12.9. The van der Waals surface area contributed by atoms with E-state index in [2.05, 4.69) is 15.0 Å². The van der Waals surface area contributed by atoms with Crippen molar-refractivity contribution in [2.45, 2.75) is 54.7 Å². The van der Waals surface area contributed by atoms with Gasteiger partial charge in [-0.2, -0.15) is 13.2 Å². The number of aliphatic carboxylic acids is 1. The maximum Gasteiger partial charge on any atom is 0.422 e. The number of alkyl halides is 3. The van der Waals surface area contributed by atoms with Crippen LogP contribution in [0.4, 0.5) is 13.2 Å². The molecule has 0 radical (unpaired) electrons. The third-order valence-electron chi connectivity index (χ3n) is 5.63. The van der Waals surface area contributed by atoms with Gasteiger partial charge in [0.15, 0.2) is 17.9 Å². The van der Waals surface area contributed by atoms with E-state index < -0.39 is 60.3 Å². The summed E-state index contributed by atoms with van der Waals surface area (Å²) in [7, 11) is -1.78. The molecule has 6 atom stereocenters. The molecule has 2 aromatic heterocycles. The fraction of sp³-hybridized carbons (Fsp3) is 0.409. The first kappa shape index (κ1) is 27.7. The number of imidazole rings is 1. The molecule has 3 aromatic rings. The quantitative estimate of drug-likeness (QED) is 0.262. The second-order valence-electron chi connectivity index (χ2n) is 8.35. The van der Waals surface area contributed by atoms with E-state index in [1.54, 1.807) is 0 Å². The van der Waals surface area contributed by atoms with Crippen molar-refractivity contribution in [3.63, 3.8) is 0 Å². The number of rotatable bonds is 8. The molecule has 0 spiro atoms. The standard InChI is InChI=1S/C22H22F3N3O9S/c1-9-13(26-5-4-14(9)35-8-22(23,24)25)7-38(34)21-27-11-3-2-10(6-12(11)28-21)36-20-17(31)15(29)16(30)18(37-20)19(32)33/h2-6,15-18,20,29-31H,7-8H2,1H3,(H,27,28)(H,32,33)/t15?,16-,17+,18-,20?,38?/m0/s1. The lowest BCUT2D eigenvalue weighted by atomic mass is 9.99. The van der Waals surface area contributed by atoms with E-state index >= 15 is 0 Å². The van der Waals surface area contributed by atoms with E-state index in [0.29, 0.717) is 16.6 Å². The number of aromatic nitrogens is 3. The number of halogens is 3. The Balaban J connectivity index is 1.48. The predicted octanol–water partition coefficient (Wildman–Crippen LogP) is 0.786. The molecule has 12 nitrogen and oxygen atoms in total. The van der Waals surface area contributed by atoms with Gasteiger partial charge in [-0.15, -0.1) is 0 Å². The predicted molar refractivity (Wildman–Crippen MR) is 122 cm³/mol. The Kier molecular flexibility index (Phi) is 7.89. The maximum absolute atomic E-state index is 12.9. The summed E-state index contributed by atoms with van der Waals surface area (Å²) >= 11 is 0. The van der Waals surface area contributed by atoms with Gasteiger partial charge in [0.25, 0.3) is 0 Å². The van der Waals surface area contributed by atoms with Crippen molar-refractivity contribution in [3.8, 4) is 11.5 Å². The highest BCUT2D eigenvalue weighted by atomic mass is 32.2. The molecule has 16 heteroatoms. The van der Waals surface area contributed by atoms with Gasteiger partial charge in [0.05, 0.1) is 33.3 Å². The minimum Gasteiger partial charge on any atom is -0.484 e. The highest BCUT2D eigenvalue weighted by molar-refractivity contribution is 7.84. The molecule has 4 rings (SSSR count). The molecule has 38 heavy (non-hydrogen) atoms. The van der Waals surface area contributed by atoms with Crippen LogP contribution in [-0.4, -0.2) is 89.0 Å². The number of pyridine rings is 1. The summed E-state index contributed by atoms with van der Waals surface area (Å²) in [5.74, 6) is -1.69. The zero-order chi connectivity index (χ0) is 27.8. The van der Waals surface area contributed by atoms with E-state index in [-0.39, 0.29) is 28.1 Å². The molecule has 0 aliphatic carbocycles. The topological polar surface area (TPSA) is 184 Å². The summed E-state index contributed by atoms with van der Waals surface area (Å²) < 4.78 is 65.8. The van der Waals surface area contributed by atoms with E-state index in [4.69, 9.17) is 19.3 Å². The normalized spacial score (nSPS) is 24.8. The Morgan fingerprint density at radius 1 is 1.18 bits per heavy atom. The smallest absolute Gasteiger partial charge is 0.422 e. The summed E-state index contributed by atoms with van der Waals surface area (Å²) in [6.07, 6.45) is -12.2. The van der Waals surface area contributed by atoms with Gasteiger partial charge in [0, 0.05) is 17.8 Å². The SMILES string of the molecule is Cc1c(OCC(F)(F)F)ccnc1CS(=O)c1nc2ccc(OC3O[C@H](C(=O)O)[C@@H](O)C(O)[C@H]3O)cc2[nH]1. The van der Waals surface area contributed by atoms with Gasteiger partial charge in [-0.25, -0.2) is 9.78 Å². The lowest BCUT2D eigenvalue weighted by Crippen LogP contribution is -2.61. The molecule has 206 valence electrons. The monoisotopic (exact) mass is 561 g/mol. The number of H-pyrrole nitrogens is 1. The number of aliphatic hydroxyl groups excluding tert-OH is 3. The average molecular weight is 561 g/mol. The van der Waals surface area contributed by atoms with Crippen LogP contribution in [0.5, 0.6) is 11.5 Å². The molecule has 0 amide bonds. The number of benzene rings is 1. The van der Waals surface area contributed by atoms with Gasteiger partial charge < -0.3 is 39.6 Å². The van der Waals surface area contributed by atoms with Crippen molar-refractivity contribution in [2.75, 3.05) is 6.61 Å². The molecule has 1 aliphatic rings. The third-order valence-corrected chi connectivity index (χ3v) is 6.79. The minimum absolute atomic E-state index is 0.0365. The van der Waals surface area contributed by atoms with Crippen molar-refractivity contribution in [3.05, 3.63) is 41.7 Å². The molecule has 3 unspecified atom stereocenters. The Bertz CT molecular complexity index is 1350. The summed E-state index contributed by atoms with van der Waals surface area (Å²) in [6, 6.07) is 5.57. The van der Waals surface area contributed by atoms with Crippen molar-refractivity contribution >= 4 is 27.8 Å². The summed E-state index contributed by atoms with van der Waals surface area (Å²) in [5, 5.41) is 39.1. The summed E-state index contributed by atoms with van der Waals surface area (Å²) in [4.78, 5) is 22.4. The van der Waals surface area contributed by atoms with E-state index in [1.807, 2.05) is 0 Å². The molecule has 5 N–H and O–H groups in total. The van der Waals surface area contributed by atoms with Crippen LogP contribution in [0.1, 0.15) is 11.3 Å². The van der Waals surface area contributed by atoms with E-state index in [1.165, 1.54) is 37.4 Å². The average Bonchev–Trinajstić information content (AvgIpc) is 3.28. The second-order valence-corrected chi connectivity index (χ2v) is 9.71. The number of hydrogen-bond acceptors (Lipinski definition) is 10. The van der Waals surface area contributed by atoms with Crippen LogP contribution < -0.4 is 9.47 Å². The van der Waals surface area contributed by atoms with E-state index in [9.17, 15) is 37.5 Å². The van der Waals surface area contributed by atoms with Crippen LogP contribution in [0.2, 0.25) is 0 Å². The summed E-state index contributed by atoms with van der Waals surface area (Å²) in [6.45, 7) is 0.0217. The number of carboxylic acid groups (broad SMARTS) is 1. The number of aromatic amines is 1. The molecule has 1 fully saturated rings. The highest BCUT2D eigenvalue weighted by Gasteiger charge is 2.48. The van der Waals surface area contributed by atoms with Crippen molar-refractivity contribution in [1.82, 2.24) is 15.0 Å². The number of ether oxygens (including phenoxy) is 3. The highest BCUT2D eigenvalue weighted by Crippen LogP contribution is 2.28. The first-order valence-corrected chi connectivity index (χ1v) is 12.3. The number of carboxylic acids is 1. The lowest BCUT2D eigenvalue weighted by molar-refractivity contribution is -0.271. The Labute approximate surface area is 214 Å². The van der Waals surface area contributed by atoms with Crippen LogP contribution in [0.15, 0.2) is 35.6 Å². The van der Waals surface area contributed by atoms with Gasteiger partial charge in [0.1, 0.15) is 29.8 Å². The van der Waals surface area contributed by atoms with Gasteiger partial charge in [0.2, 0.25) is 6.29 Å². The number of hydrogen-bond donors (Lipinski definition) is 5. The van der Waals surface area contributed by atoms with Crippen molar-refractivity contribution in [1.29, 1.82) is 0 Å². The molecule has 1 saturated heterocycles. The molecule has 1 aliphatic heterocycles. The van der Waals surface area contributed by atoms with Crippen molar-refractivity contribution < 1.29 is 56.8 Å². The van der Waals surface area contributed by atoms with Crippen LogP contribution in [0, 0.1) is 6.92 Å². The van der Waals surface area contributed by atoms with Gasteiger partial charge >= 0.3 is 12.1 Å². The molecule has 0 bridgehead atoms. The second kappa shape index (κ2) is 10.8. The summed E-state index contributed by atoms with van der Waals surface area (Å²) in [5.41, 5.74) is 1.27. The molecule has 3 heterocycles. The number of nitrogens with one attached hydrogen (secondary N) is 1. The lowest BCUT2D eigenvalue weighted by Gasteiger charge is -2.38. The van der Waals surface area contributed by atoms with E-state index in [0.717, 1.165) is 0 Å². The Hall–Kier alpha value is -3.31. The number of nitrogens with zero attached hydrogens (tertiary/aromatic N) is 2. The van der Waals surface area contributed by atoms with Gasteiger partial charge in [-0.1, -0.05) is 0 Å². The Morgan fingerprint density at radius 2 is 1.92 bits per heavy atom. The zero-order valence-electron chi connectivity index (χ0n) is 19.5. The molecule has 1 aromatic carbocycles. The minimum atomic E-state index is -4.52. The molecular weight excluding hydrogens is 539 g/mol. The van der Waals surface area contributed by atoms with Gasteiger partial charge in [-0.05, 0) is 25.1 Å². The number of fused-ring (bicyclic) bond motifs is 1. The van der Waals surface area contributed by atoms with Crippen LogP contribution in [-0.2, 0) is 26.1 Å². The first-order chi connectivity index (χ1) is 17.8. The zero-order valence-corrected chi connectivity index (χ0v) is 20.3. The Morgan fingerprint density at radius 3 is 2.61 bits per heavy atom. The van der Waals surface area contributed by atoms with Crippen molar-refractivity contribution in [2.24, 2.45) is 0 Å². The largest absolute Gasteiger partial charge is 0.484 e. The van der Waals surface area contributed by atoms with Crippen LogP contribution >= 0.6 is 0 Å². The first-order valence-electron chi connectivity index (χ1n) is 11.0. The fourth-order valence-corrected chi connectivity index (χ4v) is 4.74. The van der Waals surface area contributed by atoms with Gasteiger partial charge in [-0.3, -0.25) is 9.19 Å². The molecular formula is C22H22F3N3O9S.